The van der Waals surface area contributed by atoms with Crippen LogP contribution in [0.15, 0.2) is 0 Å². The monoisotopic (exact) mass is 258 g/mol. The lowest BCUT2D eigenvalue weighted by Crippen LogP contribution is -2.71. The molecule has 0 aromatic rings. The summed E-state index contributed by atoms with van der Waals surface area (Å²) in [4.78, 5) is 4.73. The Hall–Kier alpha value is -0.240. The quantitative estimate of drug-likeness (QED) is 0.451. The Bertz CT molecular complexity index is 242. The number of nitrogens with one attached hydrogen (secondary N) is 2. The normalized spacial score (nSPS) is 31.7. The van der Waals surface area contributed by atoms with Crippen LogP contribution >= 0.6 is 0 Å². The summed E-state index contributed by atoms with van der Waals surface area (Å²) in [6, 6.07) is 0. The lowest BCUT2D eigenvalue weighted by atomic mass is 9.99. The maximum atomic E-state index is 9.38. The van der Waals surface area contributed by atoms with Crippen LogP contribution in [0.4, 0.5) is 0 Å². The Balaban J connectivity index is 2.04. The van der Waals surface area contributed by atoms with Gasteiger partial charge in [-0.1, -0.05) is 0 Å². The molecule has 0 aromatic carbocycles. The molecule has 0 spiro atoms. The number of piperazine rings is 2. The summed E-state index contributed by atoms with van der Waals surface area (Å²) in [6.07, 6.45) is 0.745. The largest absolute Gasteiger partial charge is 0.396 e. The highest BCUT2D eigenvalue weighted by Gasteiger charge is 2.40. The Morgan fingerprint density at radius 1 is 1.00 bits per heavy atom. The SMILES string of the molecule is OCCN1CCNC(CCO)(N2CCNCC2)C1. The summed E-state index contributed by atoms with van der Waals surface area (Å²) in [5.74, 6) is 0. The summed E-state index contributed by atoms with van der Waals surface area (Å²) in [5.41, 5.74) is -0.121. The molecule has 2 heterocycles. The van der Waals surface area contributed by atoms with Gasteiger partial charge in [0, 0.05) is 65.4 Å². The van der Waals surface area contributed by atoms with E-state index in [9.17, 15) is 5.11 Å². The first-order valence-corrected chi connectivity index (χ1v) is 6.95. The van der Waals surface area contributed by atoms with Gasteiger partial charge in [0.1, 0.15) is 0 Å². The molecule has 6 nitrogen and oxygen atoms in total. The van der Waals surface area contributed by atoms with Crippen molar-refractivity contribution in [1.29, 1.82) is 0 Å². The molecule has 2 aliphatic heterocycles. The van der Waals surface area contributed by atoms with Crippen LogP contribution in [0.2, 0.25) is 0 Å². The van der Waals surface area contributed by atoms with Crippen LogP contribution in [0, 0.1) is 0 Å². The number of nitrogens with zero attached hydrogens (tertiary/aromatic N) is 2. The minimum absolute atomic E-state index is 0.121. The molecule has 106 valence electrons. The second-order valence-electron chi connectivity index (χ2n) is 5.17. The summed E-state index contributed by atoms with van der Waals surface area (Å²) in [6.45, 7) is 7.95. The van der Waals surface area contributed by atoms with Crippen molar-refractivity contribution in [2.45, 2.75) is 12.1 Å². The molecule has 1 atom stereocenters. The number of hydrogen-bond acceptors (Lipinski definition) is 6. The van der Waals surface area contributed by atoms with Crippen LogP contribution in [0.1, 0.15) is 6.42 Å². The number of β-amino-alcohol motifs (C(OH)–C–C–N with tert-alkyl or cyclic N) is 1. The maximum absolute atomic E-state index is 9.38. The van der Waals surface area contributed by atoms with Gasteiger partial charge in [0.05, 0.1) is 12.3 Å². The highest BCUT2D eigenvalue weighted by atomic mass is 16.3. The van der Waals surface area contributed by atoms with E-state index in [1.54, 1.807) is 0 Å². The van der Waals surface area contributed by atoms with Crippen LogP contribution in [0.3, 0.4) is 0 Å². The molecule has 0 bridgehead atoms. The molecular weight excluding hydrogens is 232 g/mol. The zero-order valence-electron chi connectivity index (χ0n) is 11.1. The molecule has 1 unspecified atom stereocenters. The van der Waals surface area contributed by atoms with Gasteiger partial charge in [-0.2, -0.15) is 0 Å². The van der Waals surface area contributed by atoms with Gasteiger partial charge >= 0.3 is 0 Å². The van der Waals surface area contributed by atoms with Crippen molar-refractivity contribution < 1.29 is 10.2 Å². The summed E-state index contributed by atoms with van der Waals surface area (Å²) >= 11 is 0. The van der Waals surface area contributed by atoms with Crippen molar-refractivity contribution in [3.63, 3.8) is 0 Å². The van der Waals surface area contributed by atoms with Crippen molar-refractivity contribution in [3.8, 4) is 0 Å². The van der Waals surface area contributed by atoms with Crippen molar-refractivity contribution in [3.05, 3.63) is 0 Å². The van der Waals surface area contributed by atoms with Crippen LogP contribution in [0.25, 0.3) is 0 Å². The van der Waals surface area contributed by atoms with Gasteiger partial charge in [-0.05, 0) is 0 Å². The van der Waals surface area contributed by atoms with Gasteiger partial charge in [-0.3, -0.25) is 15.1 Å². The Labute approximate surface area is 109 Å². The fraction of sp³-hybridized carbons (Fsp3) is 1.00. The molecule has 2 aliphatic rings. The molecule has 0 radical (unpaired) electrons. The van der Waals surface area contributed by atoms with E-state index in [1.165, 1.54) is 0 Å². The Morgan fingerprint density at radius 2 is 1.78 bits per heavy atom. The maximum Gasteiger partial charge on any atom is 0.0866 e. The van der Waals surface area contributed by atoms with Crippen molar-refractivity contribution >= 4 is 0 Å². The minimum Gasteiger partial charge on any atom is -0.396 e. The van der Waals surface area contributed by atoms with Gasteiger partial charge in [0.15, 0.2) is 0 Å². The molecule has 0 amide bonds. The first kappa shape index (κ1) is 14.2. The van der Waals surface area contributed by atoms with Gasteiger partial charge < -0.3 is 15.5 Å². The lowest BCUT2D eigenvalue weighted by molar-refractivity contribution is -0.0314. The summed E-state index contributed by atoms with van der Waals surface area (Å²) < 4.78 is 0. The number of hydrogen-bond donors (Lipinski definition) is 4. The summed E-state index contributed by atoms with van der Waals surface area (Å²) in [5, 5.41) is 25.4. The van der Waals surface area contributed by atoms with Gasteiger partial charge in [0.25, 0.3) is 0 Å². The second-order valence-corrected chi connectivity index (χ2v) is 5.17. The van der Waals surface area contributed by atoms with Crippen LogP contribution in [0.5, 0.6) is 0 Å². The highest BCUT2D eigenvalue weighted by molar-refractivity contribution is 4.96. The van der Waals surface area contributed by atoms with Crippen LogP contribution in [-0.2, 0) is 0 Å². The number of aliphatic hydroxyl groups is 2. The van der Waals surface area contributed by atoms with E-state index in [0.29, 0.717) is 0 Å². The fourth-order valence-corrected chi connectivity index (χ4v) is 3.10. The molecule has 6 heteroatoms. The van der Waals surface area contributed by atoms with Gasteiger partial charge in [-0.25, -0.2) is 0 Å². The Kier molecular flexibility index (Phi) is 5.35. The molecule has 18 heavy (non-hydrogen) atoms. The molecular formula is C12H26N4O2. The first-order valence-electron chi connectivity index (χ1n) is 6.95. The fourth-order valence-electron chi connectivity index (χ4n) is 3.10. The molecule has 4 N–H and O–H groups in total. The predicted octanol–water partition coefficient (Wildman–Crippen LogP) is -2.13. The minimum atomic E-state index is -0.121. The third kappa shape index (κ3) is 3.20. The van der Waals surface area contributed by atoms with E-state index >= 15 is 0 Å². The molecule has 2 fully saturated rings. The number of rotatable bonds is 5. The van der Waals surface area contributed by atoms with Crippen LogP contribution in [-0.4, -0.2) is 91.2 Å². The standard InChI is InChI=1S/C12H26N4O2/c17-9-1-12(16-6-2-13-3-7-16)11-15(8-10-18)5-4-14-12/h13-14,17-18H,1-11H2. The average Bonchev–Trinajstić information content (AvgIpc) is 2.41. The predicted molar refractivity (Wildman–Crippen MR) is 70.4 cm³/mol. The first-order chi connectivity index (χ1) is 8.80. The zero-order valence-corrected chi connectivity index (χ0v) is 11.1. The second kappa shape index (κ2) is 6.79. The van der Waals surface area contributed by atoms with E-state index in [0.717, 1.165) is 58.8 Å². The van der Waals surface area contributed by atoms with Crippen molar-refractivity contribution in [2.75, 3.05) is 65.6 Å². The lowest BCUT2D eigenvalue weighted by Gasteiger charge is -2.51. The Morgan fingerprint density at radius 3 is 2.44 bits per heavy atom. The molecule has 0 saturated carbocycles. The zero-order chi connectivity index (χ0) is 12.8. The molecule has 0 aliphatic carbocycles. The van der Waals surface area contributed by atoms with E-state index in [2.05, 4.69) is 20.4 Å². The van der Waals surface area contributed by atoms with E-state index in [1.807, 2.05) is 0 Å². The summed E-state index contributed by atoms with van der Waals surface area (Å²) in [7, 11) is 0. The average molecular weight is 258 g/mol. The number of aliphatic hydroxyl groups excluding tert-OH is 2. The van der Waals surface area contributed by atoms with E-state index in [4.69, 9.17) is 5.11 Å². The van der Waals surface area contributed by atoms with E-state index in [-0.39, 0.29) is 18.9 Å². The van der Waals surface area contributed by atoms with Crippen molar-refractivity contribution in [2.24, 2.45) is 0 Å². The van der Waals surface area contributed by atoms with Crippen LogP contribution < -0.4 is 10.6 Å². The third-order valence-electron chi connectivity index (χ3n) is 4.03. The van der Waals surface area contributed by atoms with E-state index < -0.39 is 0 Å². The topological polar surface area (TPSA) is 71.0 Å². The molecule has 2 rings (SSSR count). The van der Waals surface area contributed by atoms with Gasteiger partial charge in [0.2, 0.25) is 0 Å². The van der Waals surface area contributed by atoms with Gasteiger partial charge in [-0.15, -0.1) is 0 Å². The molecule has 2 saturated heterocycles. The third-order valence-corrected chi connectivity index (χ3v) is 4.03. The smallest absolute Gasteiger partial charge is 0.0866 e. The molecule has 0 aromatic heterocycles. The highest BCUT2D eigenvalue weighted by Crippen LogP contribution is 2.21. The van der Waals surface area contributed by atoms with Crippen molar-refractivity contribution in [1.82, 2.24) is 20.4 Å².